The SMILES string of the molecule is CC(C)C(=O)/C(C#N)=C/c1cccc(C#N)c1. The molecule has 0 amide bonds. The van der Waals surface area contributed by atoms with Crippen molar-refractivity contribution in [3.63, 3.8) is 0 Å². The van der Waals surface area contributed by atoms with Crippen LogP contribution >= 0.6 is 0 Å². The first kappa shape index (κ1) is 12.7. The Morgan fingerprint density at radius 2 is 2.06 bits per heavy atom. The summed E-state index contributed by atoms with van der Waals surface area (Å²) in [6.07, 6.45) is 1.52. The molecule has 0 N–H and O–H groups in total. The fourth-order valence-electron chi connectivity index (χ4n) is 1.33. The largest absolute Gasteiger partial charge is 0.293 e. The summed E-state index contributed by atoms with van der Waals surface area (Å²) in [4.78, 5) is 11.7. The quantitative estimate of drug-likeness (QED) is 0.585. The molecule has 0 bridgehead atoms. The number of carbonyl (C=O) groups is 1. The highest BCUT2D eigenvalue weighted by Gasteiger charge is 2.12. The second-order valence-corrected chi connectivity index (χ2v) is 3.93. The molecular weight excluding hydrogens is 212 g/mol. The third-order valence-corrected chi connectivity index (χ3v) is 2.24. The van der Waals surface area contributed by atoms with E-state index in [0.717, 1.165) is 0 Å². The zero-order chi connectivity index (χ0) is 12.8. The van der Waals surface area contributed by atoms with Crippen molar-refractivity contribution >= 4 is 11.9 Å². The molecule has 0 atom stereocenters. The summed E-state index contributed by atoms with van der Waals surface area (Å²) in [5.41, 5.74) is 1.32. The van der Waals surface area contributed by atoms with Gasteiger partial charge in [-0.05, 0) is 23.8 Å². The van der Waals surface area contributed by atoms with Gasteiger partial charge in [-0.15, -0.1) is 0 Å². The number of Topliss-reactive ketones (excluding diaryl/α,β-unsaturated/α-hetero) is 1. The van der Waals surface area contributed by atoms with Gasteiger partial charge < -0.3 is 0 Å². The molecule has 1 aromatic rings. The summed E-state index contributed by atoms with van der Waals surface area (Å²) in [7, 11) is 0. The average Bonchev–Trinajstić information content (AvgIpc) is 2.35. The fraction of sp³-hybridized carbons (Fsp3) is 0.214. The highest BCUT2D eigenvalue weighted by Crippen LogP contribution is 2.12. The van der Waals surface area contributed by atoms with Crippen molar-refractivity contribution in [2.24, 2.45) is 5.92 Å². The Bertz CT molecular complexity index is 542. The number of hydrogen-bond donors (Lipinski definition) is 0. The Morgan fingerprint density at radius 3 is 2.59 bits per heavy atom. The van der Waals surface area contributed by atoms with E-state index in [1.807, 2.05) is 12.1 Å². The number of nitriles is 2. The lowest BCUT2D eigenvalue weighted by Crippen LogP contribution is -2.08. The first-order valence-corrected chi connectivity index (χ1v) is 5.24. The van der Waals surface area contributed by atoms with E-state index in [2.05, 4.69) is 0 Å². The molecule has 3 heteroatoms. The van der Waals surface area contributed by atoms with Crippen LogP contribution in [-0.2, 0) is 4.79 Å². The van der Waals surface area contributed by atoms with Crippen LogP contribution in [0.5, 0.6) is 0 Å². The predicted octanol–water partition coefficient (Wildman–Crippen LogP) is 2.69. The monoisotopic (exact) mass is 224 g/mol. The minimum absolute atomic E-state index is 0.120. The zero-order valence-corrected chi connectivity index (χ0v) is 9.77. The Kier molecular flexibility index (Phi) is 4.20. The maximum atomic E-state index is 11.7. The molecule has 84 valence electrons. The second-order valence-electron chi connectivity index (χ2n) is 3.93. The van der Waals surface area contributed by atoms with E-state index in [1.165, 1.54) is 6.08 Å². The number of hydrogen-bond acceptors (Lipinski definition) is 3. The molecule has 0 spiro atoms. The topological polar surface area (TPSA) is 64.7 Å². The van der Waals surface area contributed by atoms with Gasteiger partial charge in [-0.1, -0.05) is 26.0 Å². The molecule has 0 aliphatic rings. The summed E-state index contributed by atoms with van der Waals surface area (Å²) >= 11 is 0. The van der Waals surface area contributed by atoms with E-state index in [0.29, 0.717) is 11.1 Å². The van der Waals surface area contributed by atoms with Crippen LogP contribution in [0.15, 0.2) is 29.8 Å². The van der Waals surface area contributed by atoms with Gasteiger partial charge in [0.1, 0.15) is 6.07 Å². The smallest absolute Gasteiger partial charge is 0.175 e. The molecule has 0 saturated heterocycles. The first-order chi connectivity index (χ1) is 8.08. The lowest BCUT2D eigenvalue weighted by molar-refractivity contribution is -0.117. The van der Waals surface area contributed by atoms with Crippen LogP contribution in [0.4, 0.5) is 0 Å². The molecule has 0 saturated carbocycles. The molecule has 1 rings (SSSR count). The van der Waals surface area contributed by atoms with Gasteiger partial charge in [-0.2, -0.15) is 10.5 Å². The van der Waals surface area contributed by atoms with Crippen LogP contribution in [0.2, 0.25) is 0 Å². The third-order valence-electron chi connectivity index (χ3n) is 2.24. The minimum Gasteiger partial charge on any atom is -0.293 e. The van der Waals surface area contributed by atoms with Crippen molar-refractivity contribution in [2.45, 2.75) is 13.8 Å². The average molecular weight is 224 g/mol. The fourth-order valence-corrected chi connectivity index (χ4v) is 1.33. The molecule has 0 unspecified atom stereocenters. The Hall–Kier alpha value is -2.39. The van der Waals surface area contributed by atoms with Gasteiger partial charge in [0.25, 0.3) is 0 Å². The number of ketones is 1. The van der Waals surface area contributed by atoms with Crippen LogP contribution in [0.3, 0.4) is 0 Å². The molecule has 0 radical (unpaired) electrons. The third kappa shape index (κ3) is 3.29. The Labute approximate surface area is 101 Å². The second kappa shape index (κ2) is 5.63. The summed E-state index contributed by atoms with van der Waals surface area (Å²) in [6, 6.07) is 10.7. The summed E-state index contributed by atoms with van der Waals surface area (Å²) in [5.74, 6) is -0.394. The standard InChI is InChI=1S/C14H12N2O/c1-10(2)14(17)13(9-16)7-11-4-3-5-12(6-11)8-15/h3-7,10H,1-2H3/b13-7+. The summed E-state index contributed by atoms with van der Waals surface area (Å²) in [6.45, 7) is 3.50. The number of carbonyl (C=O) groups excluding carboxylic acids is 1. The van der Waals surface area contributed by atoms with E-state index >= 15 is 0 Å². The van der Waals surface area contributed by atoms with Crippen LogP contribution in [0, 0.1) is 28.6 Å². The molecule has 0 aromatic heterocycles. The number of nitrogens with zero attached hydrogens (tertiary/aromatic N) is 2. The van der Waals surface area contributed by atoms with Gasteiger partial charge in [0.05, 0.1) is 17.2 Å². The highest BCUT2D eigenvalue weighted by atomic mass is 16.1. The predicted molar refractivity (Wildman–Crippen MR) is 64.6 cm³/mol. The van der Waals surface area contributed by atoms with Crippen molar-refractivity contribution in [3.05, 3.63) is 41.0 Å². The maximum absolute atomic E-state index is 11.7. The van der Waals surface area contributed by atoms with E-state index in [9.17, 15) is 4.79 Å². The lowest BCUT2D eigenvalue weighted by Gasteiger charge is -2.02. The zero-order valence-electron chi connectivity index (χ0n) is 9.77. The first-order valence-electron chi connectivity index (χ1n) is 5.24. The lowest BCUT2D eigenvalue weighted by atomic mass is 9.99. The van der Waals surface area contributed by atoms with Crippen LogP contribution < -0.4 is 0 Å². The van der Waals surface area contributed by atoms with E-state index < -0.39 is 0 Å². The van der Waals surface area contributed by atoms with Crippen molar-refractivity contribution in [3.8, 4) is 12.1 Å². The van der Waals surface area contributed by atoms with Crippen molar-refractivity contribution in [1.29, 1.82) is 10.5 Å². The highest BCUT2D eigenvalue weighted by molar-refractivity contribution is 6.04. The molecule has 3 nitrogen and oxygen atoms in total. The summed E-state index contributed by atoms with van der Waals surface area (Å²) in [5, 5.41) is 17.7. The number of benzene rings is 1. The van der Waals surface area contributed by atoms with E-state index in [-0.39, 0.29) is 17.3 Å². The van der Waals surface area contributed by atoms with Gasteiger partial charge in [0, 0.05) is 5.92 Å². The van der Waals surface area contributed by atoms with Crippen LogP contribution in [0.1, 0.15) is 25.0 Å². The van der Waals surface area contributed by atoms with E-state index in [1.54, 1.807) is 38.1 Å². The van der Waals surface area contributed by atoms with Crippen molar-refractivity contribution in [1.82, 2.24) is 0 Å². The Balaban J connectivity index is 3.13. The molecule has 0 fully saturated rings. The van der Waals surface area contributed by atoms with E-state index in [4.69, 9.17) is 10.5 Å². The van der Waals surface area contributed by atoms with Gasteiger partial charge in [0.15, 0.2) is 5.78 Å². The maximum Gasteiger partial charge on any atom is 0.175 e. The van der Waals surface area contributed by atoms with Gasteiger partial charge >= 0.3 is 0 Å². The molecule has 1 aromatic carbocycles. The van der Waals surface area contributed by atoms with Crippen molar-refractivity contribution in [2.75, 3.05) is 0 Å². The molecule has 0 aliphatic carbocycles. The van der Waals surface area contributed by atoms with Gasteiger partial charge in [-0.25, -0.2) is 0 Å². The normalized spacial score (nSPS) is 10.8. The molecule has 0 heterocycles. The molecule has 17 heavy (non-hydrogen) atoms. The summed E-state index contributed by atoms with van der Waals surface area (Å²) < 4.78 is 0. The van der Waals surface area contributed by atoms with Gasteiger partial charge in [0.2, 0.25) is 0 Å². The Morgan fingerprint density at radius 1 is 1.35 bits per heavy atom. The van der Waals surface area contributed by atoms with Crippen molar-refractivity contribution < 1.29 is 4.79 Å². The number of rotatable bonds is 3. The van der Waals surface area contributed by atoms with Crippen LogP contribution in [-0.4, -0.2) is 5.78 Å². The minimum atomic E-state index is -0.208. The van der Waals surface area contributed by atoms with Gasteiger partial charge in [-0.3, -0.25) is 4.79 Å². The molecule has 0 aliphatic heterocycles. The molecular formula is C14H12N2O. The number of allylic oxidation sites excluding steroid dienone is 1. The van der Waals surface area contributed by atoms with Crippen LogP contribution in [0.25, 0.3) is 6.08 Å².